The molecule has 146 valence electrons. The van der Waals surface area contributed by atoms with Gasteiger partial charge in [0.2, 0.25) is 0 Å². The van der Waals surface area contributed by atoms with Crippen LogP contribution >= 0.6 is 0 Å². The van der Waals surface area contributed by atoms with Crippen molar-refractivity contribution < 1.29 is 17.2 Å². The second-order valence-electron chi connectivity index (χ2n) is 6.25. The smallest absolute Gasteiger partial charge is 0.207 e. The summed E-state index contributed by atoms with van der Waals surface area (Å²) in [6.45, 7) is 0. The molecule has 5 nitrogen and oxygen atoms in total. The van der Waals surface area contributed by atoms with Crippen LogP contribution in [0, 0.1) is 11.6 Å². The van der Waals surface area contributed by atoms with Gasteiger partial charge >= 0.3 is 0 Å². The summed E-state index contributed by atoms with van der Waals surface area (Å²) in [6, 6.07) is 20.8. The lowest BCUT2D eigenvalue weighted by molar-refractivity contribution is 0.592. The summed E-state index contributed by atoms with van der Waals surface area (Å²) < 4.78 is 52.1. The lowest BCUT2D eigenvalue weighted by atomic mass is 10.1. The van der Waals surface area contributed by atoms with E-state index in [1.165, 1.54) is 48.5 Å². The SMILES string of the molecule is O=S(=O)(Nn1nc(-c2ccc(F)cc2)cc1-c1ccc(F)cc1)c1ccccc1. The van der Waals surface area contributed by atoms with E-state index in [0.29, 0.717) is 22.5 Å². The van der Waals surface area contributed by atoms with Gasteiger partial charge in [-0.2, -0.15) is 23.1 Å². The van der Waals surface area contributed by atoms with Crippen LogP contribution in [0.15, 0.2) is 89.8 Å². The Hall–Kier alpha value is -3.52. The van der Waals surface area contributed by atoms with Gasteiger partial charge < -0.3 is 0 Å². The van der Waals surface area contributed by atoms with E-state index >= 15 is 0 Å². The molecule has 0 bridgehead atoms. The Labute approximate surface area is 166 Å². The predicted octanol–water partition coefficient (Wildman–Crippen LogP) is 4.43. The molecule has 0 atom stereocenters. The van der Waals surface area contributed by atoms with Gasteiger partial charge in [-0.05, 0) is 66.7 Å². The molecule has 0 saturated heterocycles. The van der Waals surface area contributed by atoms with Crippen molar-refractivity contribution in [3.63, 3.8) is 0 Å². The number of hydrogen-bond acceptors (Lipinski definition) is 3. The summed E-state index contributed by atoms with van der Waals surface area (Å²) in [5.41, 5.74) is 2.00. The van der Waals surface area contributed by atoms with Crippen LogP contribution in [-0.2, 0) is 10.0 Å². The summed E-state index contributed by atoms with van der Waals surface area (Å²) in [6.07, 6.45) is 0. The average Bonchev–Trinajstić information content (AvgIpc) is 3.13. The molecule has 4 rings (SSSR count). The highest BCUT2D eigenvalue weighted by molar-refractivity contribution is 7.92. The molecule has 0 aliphatic rings. The molecule has 8 heteroatoms. The summed E-state index contributed by atoms with van der Waals surface area (Å²) in [4.78, 5) is 3.62. The number of benzene rings is 3. The normalized spacial score (nSPS) is 11.4. The molecule has 29 heavy (non-hydrogen) atoms. The first-order valence-corrected chi connectivity index (χ1v) is 10.1. The zero-order valence-corrected chi connectivity index (χ0v) is 15.8. The van der Waals surface area contributed by atoms with Crippen LogP contribution in [0.1, 0.15) is 0 Å². The van der Waals surface area contributed by atoms with E-state index in [-0.39, 0.29) is 4.90 Å². The number of hydrogen-bond donors (Lipinski definition) is 1. The Morgan fingerprint density at radius 2 is 1.31 bits per heavy atom. The standard InChI is InChI=1S/C21H15F2N3O2S/c22-17-10-6-15(7-11-17)20-14-21(16-8-12-18(23)13-9-16)26(24-20)25-29(27,28)19-4-2-1-3-5-19/h1-14,25H. The highest BCUT2D eigenvalue weighted by Gasteiger charge is 2.19. The predicted molar refractivity (Wildman–Crippen MR) is 106 cm³/mol. The Morgan fingerprint density at radius 1 is 0.759 bits per heavy atom. The molecule has 0 amide bonds. The topological polar surface area (TPSA) is 64.0 Å². The molecule has 0 spiro atoms. The van der Waals surface area contributed by atoms with Crippen molar-refractivity contribution in [2.24, 2.45) is 0 Å². The molecule has 0 radical (unpaired) electrons. The Balaban J connectivity index is 1.80. The maximum Gasteiger partial charge on any atom is 0.276 e. The number of aromatic nitrogens is 2. The monoisotopic (exact) mass is 411 g/mol. The third kappa shape index (κ3) is 4.02. The minimum Gasteiger partial charge on any atom is -0.207 e. The fourth-order valence-electron chi connectivity index (χ4n) is 2.80. The Kier molecular flexibility index (Phi) is 4.85. The molecular weight excluding hydrogens is 396 g/mol. The average molecular weight is 411 g/mol. The van der Waals surface area contributed by atoms with Crippen molar-refractivity contribution in [3.8, 4) is 22.5 Å². The fraction of sp³-hybridized carbons (Fsp3) is 0. The van der Waals surface area contributed by atoms with Crippen molar-refractivity contribution in [2.45, 2.75) is 4.90 Å². The van der Waals surface area contributed by atoms with Gasteiger partial charge in [-0.3, -0.25) is 0 Å². The molecule has 1 N–H and O–H groups in total. The van der Waals surface area contributed by atoms with E-state index in [9.17, 15) is 17.2 Å². The minimum absolute atomic E-state index is 0.0730. The quantitative estimate of drug-likeness (QED) is 0.529. The molecule has 4 aromatic rings. The summed E-state index contributed by atoms with van der Waals surface area (Å²) in [5.74, 6) is -0.805. The molecule has 1 heterocycles. The number of nitrogens with zero attached hydrogens (tertiary/aromatic N) is 2. The largest absolute Gasteiger partial charge is 0.276 e. The third-order valence-corrected chi connectivity index (χ3v) is 5.56. The van der Waals surface area contributed by atoms with Crippen LogP contribution in [0.4, 0.5) is 8.78 Å². The van der Waals surface area contributed by atoms with Crippen molar-refractivity contribution >= 4 is 10.0 Å². The molecular formula is C21H15F2N3O2S. The van der Waals surface area contributed by atoms with Crippen LogP contribution in [0.25, 0.3) is 22.5 Å². The van der Waals surface area contributed by atoms with Crippen molar-refractivity contribution in [2.75, 3.05) is 4.83 Å². The maximum absolute atomic E-state index is 13.3. The van der Waals surface area contributed by atoms with Crippen LogP contribution < -0.4 is 4.83 Å². The van der Waals surface area contributed by atoms with Gasteiger partial charge in [0.1, 0.15) is 11.6 Å². The lowest BCUT2D eigenvalue weighted by Crippen LogP contribution is -2.25. The maximum atomic E-state index is 13.3. The van der Waals surface area contributed by atoms with Gasteiger partial charge in [0.05, 0.1) is 16.3 Å². The Morgan fingerprint density at radius 3 is 1.90 bits per heavy atom. The molecule has 0 saturated carbocycles. The van der Waals surface area contributed by atoms with Crippen LogP contribution in [0.5, 0.6) is 0 Å². The van der Waals surface area contributed by atoms with E-state index in [1.807, 2.05) is 0 Å². The minimum atomic E-state index is -3.91. The van der Waals surface area contributed by atoms with Crippen molar-refractivity contribution in [1.29, 1.82) is 0 Å². The van der Waals surface area contributed by atoms with Crippen molar-refractivity contribution in [3.05, 3.63) is 96.6 Å². The third-order valence-electron chi connectivity index (χ3n) is 4.25. The zero-order valence-electron chi connectivity index (χ0n) is 15.0. The number of rotatable bonds is 5. The van der Waals surface area contributed by atoms with E-state index in [2.05, 4.69) is 9.93 Å². The van der Waals surface area contributed by atoms with Crippen molar-refractivity contribution in [1.82, 2.24) is 9.89 Å². The molecule has 3 aromatic carbocycles. The Bertz CT molecular complexity index is 1240. The summed E-state index contributed by atoms with van der Waals surface area (Å²) >= 11 is 0. The number of sulfonamides is 1. The lowest BCUT2D eigenvalue weighted by Gasteiger charge is -2.11. The van der Waals surface area contributed by atoms with E-state index < -0.39 is 21.7 Å². The fourth-order valence-corrected chi connectivity index (χ4v) is 3.79. The molecule has 0 aliphatic heterocycles. The van der Waals surface area contributed by atoms with Gasteiger partial charge in [-0.15, -0.1) is 0 Å². The summed E-state index contributed by atoms with van der Waals surface area (Å²) in [7, 11) is -3.91. The van der Waals surface area contributed by atoms with E-state index in [4.69, 9.17) is 0 Å². The second kappa shape index (κ2) is 7.48. The van der Waals surface area contributed by atoms with Gasteiger partial charge in [0.15, 0.2) is 0 Å². The first-order chi connectivity index (χ1) is 13.9. The number of halogens is 2. The molecule has 0 fully saturated rings. The molecule has 1 aromatic heterocycles. The highest BCUT2D eigenvalue weighted by Crippen LogP contribution is 2.26. The van der Waals surface area contributed by atoms with Crippen LogP contribution in [-0.4, -0.2) is 18.3 Å². The molecule has 0 aliphatic carbocycles. The van der Waals surface area contributed by atoms with E-state index in [1.54, 1.807) is 36.4 Å². The first-order valence-electron chi connectivity index (χ1n) is 8.62. The van der Waals surface area contributed by atoms with Gasteiger partial charge in [-0.25, -0.2) is 8.78 Å². The number of nitrogens with one attached hydrogen (secondary N) is 1. The van der Waals surface area contributed by atoms with Gasteiger partial charge in [-0.1, -0.05) is 18.2 Å². The second-order valence-corrected chi connectivity index (χ2v) is 7.91. The first kappa shape index (κ1) is 18.8. The van der Waals surface area contributed by atoms with Crippen LogP contribution in [0.3, 0.4) is 0 Å². The van der Waals surface area contributed by atoms with Crippen LogP contribution in [0.2, 0.25) is 0 Å². The van der Waals surface area contributed by atoms with Gasteiger partial charge in [0.25, 0.3) is 10.0 Å². The zero-order chi connectivity index (χ0) is 20.4. The summed E-state index contributed by atoms with van der Waals surface area (Å²) in [5, 5.41) is 4.33. The highest BCUT2D eigenvalue weighted by atomic mass is 32.2. The van der Waals surface area contributed by atoms with Gasteiger partial charge in [0, 0.05) is 11.1 Å². The van der Waals surface area contributed by atoms with E-state index in [0.717, 1.165) is 4.79 Å². The molecule has 0 unspecified atom stereocenters.